The van der Waals surface area contributed by atoms with Crippen molar-refractivity contribution in [3.05, 3.63) is 35.3 Å². The third-order valence-corrected chi connectivity index (χ3v) is 5.57. The van der Waals surface area contributed by atoms with Crippen LogP contribution in [0.4, 0.5) is 24.7 Å². The van der Waals surface area contributed by atoms with E-state index in [0.29, 0.717) is 16.0 Å². The number of nitrogens with zero attached hydrogens (tertiary/aromatic N) is 3. The van der Waals surface area contributed by atoms with Gasteiger partial charge in [0.05, 0.1) is 0 Å². The second kappa shape index (κ2) is 9.06. The molecule has 3 rings (SSSR count). The van der Waals surface area contributed by atoms with Crippen LogP contribution >= 0.6 is 34.4 Å². The maximum absolute atomic E-state index is 12.2. The normalized spacial score (nSPS) is 10.8. The molecular formula is C15H13F2N5O2S3. The second-order valence-corrected chi connectivity index (χ2v) is 8.17. The number of carbonyl (C=O) groups excluding carboxylic acids is 1. The average molecular weight is 429 g/mol. The third kappa shape index (κ3) is 5.58. The Kier molecular flexibility index (Phi) is 6.53. The molecule has 142 valence electrons. The van der Waals surface area contributed by atoms with Gasteiger partial charge in [0.2, 0.25) is 5.13 Å². The summed E-state index contributed by atoms with van der Waals surface area (Å²) in [5.41, 5.74) is 0.864. The number of anilines is 3. The SMILES string of the molecule is CCSc1nnc(NC(=O)c2csc(Nc3ccc(OC(F)F)cc3)n2)s1. The van der Waals surface area contributed by atoms with Gasteiger partial charge in [-0.25, -0.2) is 4.98 Å². The predicted octanol–water partition coefficient (Wildman–Crippen LogP) is 4.70. The Labute approximate surface area is 165 Å². The zero-order valence-corrected chi connectivity index (χ0v) is 16.3. The van der Waals surface area contributed by atoms with Gasteiger partial charge in [-0.15, -0.1) is 21.5 Å². The van der Waals surface area contributed by atoms with E-state index in [2.05, 4.69) is 30.6 Å². The van der Waals surface area contributed by atoms with Gasteiger partial charge in [-0.3, -0.25) is 10.1 Å². The minimum Gasteiger partial charge on any atom is -0.435 e. The Morgan fingerprint density at radius 2 is 2.04 bits per heavy atom. The first kappa shape index (κ1) is 19.5. The molecule has 12 heteroatoms. The highest BCUT2D eigenvalue weighted by molar-refractivity contribution is 8.01. The fourth-order valence-electron chi connectivity index (χ4n) is 1.88. The number of amides is 1. The molecule has 27 heavy (non-hydrogen) atoms. The summed E-state index contributed by atoms with van der Waals surface area (Å²) in [6.45, 7) is -0.860. The number of hydrogen-bond acceptors (Lipinski definition) is 9. The molecule has 0 aliphatic carbocycles. The number of ether oxygens (including phenoxy) is 1. The summed E-state index contributed by atoms with van der Waals surface area (Å²) in [5.74, 6) is 0.551. The van der Waals surface area contributed by atoms with Crippen molar-refractivity contribution in [2.45, 2.75) is 17.9 Å². The number of carbonyl (C=O) groups is 1. The van der Waals surface area contributed by atoms with E-state index in [9.17, 15) is 13.6 Å². The molecule has 3 aromatic rings. The smallest absolute Gasteiger partial charge is 0.387 e. The van der Waals surface area contributed by atoms with Crippen molar-refractivity contribution < 1.29 is 18.3 Å². The summed E-state index contributed by atoms with van der Waals surface area (Å²) in [7, 11) is 0. The van der Waals surface area contributed by atoms with Crippen LogP contribution in [0.2, 0.25) is 0 Å². The molecule has 1 aromatic carbocycles. The van der Waals surface area contributed by atoms with Gasteiger partial charge >= 0.3 is 6.61 Å². The van der Waals surface area contributed by atoms with E-state index >= 15 is 0 Å². The second-order valence-electron chi connectivity index (χ2n) is 4.83. The summed E-state index contributed by atoms with van der Waals surface area (Å²) in [6, 6.07) is 5.98. The fourth-order valence-corrected chi connectivity index (χ4v) is 4.24. The van der Waals surface area contributed by atoms with Crippen LogP contribution < -0.4 is 15.4 Å². The highest BCUT2D eigenvalue weighted by Crippen LogP contribution is 2.26. The third-order valence-electron chi connectivity index (χ3n) is 2.96. The summed E-state index contributed by atoms with van der Waals surface area (Å²) in [4.78, 5) is 16.5. The summed E-state index contributed by atoms with van der Waals surface area (Å²) < 4.78 is 29.4. The van der Waals surface area contributed by atoms with Crippen molar-refractivity contribution in [3.8, 4) is 5.75 Å². The number of nitrogens with one attached hydrogen (secondary N) is 2. The monoisotopic (exact) mass is 429 g/mol. The lowest BCUT2D eigenvalue weighted by Gasteiger charge is -2.06. The number of alkyl halides is 2. The molecule has 2 heterocycles. The quantitative estimate of drug-likeness (QED) is 0.396. The Hall–Kier alpha value is -2.31. The zero-order chi connectivity index (χ0) is 19.2. The van der Waals surface area contributed by atoms with E-state index in [-0.39, 0.29) is 17.4 Å². The van der Waals surface area contributed by atoms with Crippen LogP contribution in [0, 0.1) is 0 Å². The van der Waals surface area contributed by atoms with Crippen molar-refractivity contribution >= 4 is 56.3 Å². The first-order valence-corrected chi connectivity index (χ1v) is 10.3. The molecule has 0 fully saturated rings. The molecule has 0 unspecified atom stereocenters. The van der Waals surface area contributed by atoms with E-state index in [4.69, 9.17) is 0 Å². The highest BCUT2D eigenvalue weighted by Gasteiger charge is 2.14. The summed E-state index contributed by atoms with van der Waals surface area (Å²) in [6.07, 6.45) is 0. The van der Waals surface area contributed by atoms with Crippen molar-refractivity contribution in [1.29, 1.82) is 0 Å². The van der Waals surface area contributed by atoms with Crippen LogP contribution in [0.15, 0.2) is 34.0 Å². The molecule has 0 saturated heterocycles. The molecule has 0 aliphatic heterocycles. The minimum absolute atomic E-state index is 0.0624. The van der Waals surface area contributed by atoms with Crippen molar-refractivity contribution in [2.75, 3.05) is 16.4 Å². The number of rotatable bonds is 8. The molecule has 0 bridgehead atoms. The number of thioether (sulfide) groups is 1. The topological polar surface area (TPSA) is 89.0 Å². The van der Waals surface area contributed by atoms with E-state index in [1.54, 1.807) is 29.3 Å². The Balaban J connectivity index is 1.59. The maximum Gasteiger partial charge on any atom is 0.387 e. The number of halogens is 2. The molecule has 0 aliphatic rings. The van der Waals surface area contributed by atoms with Gasteiger partial charge in [0.1, 0.15) is 11.4 Å². The Morgan fingerprint density at radius 1 is 1.26 bits per heavy atom. The van der Waals surface area contributed by atoms with Gasteiger partial charge in [0.15, 0.2) is 9.47 Å². The average Bonchev–Trinajstić information content (AvgIpc) is 3.26. The molecule has 2 aromatic heterocycles. The van der Waals surface area contributed by atoms with Crippen LogP contribution in [-0.4, -0.2) is 33.5 Å². The number of aromatic nitrogens is 3. The van der Waals surface area contributed by atoms with E-state index in [0.717, 1.165) is 10.1 Å². The van der Waals surface area contributed by atoms with Crippen LogP contribution in [0.3, 0.4) is 0 Å². The van der Waals surface area contributed by atoms with Crippen LogP contribution in [0.1, 0.15) is 17.4 Å². The molecule has 7 nitrogen and oxygen atoms in total. The highest BCUT2D eigenvalue weighted by atomic mass is 32.2. The largest absolute Gasteiger partial charge is 0.435 e. The molecule has 0 atom stereocenters. The van der Waals surface area contributed by atoms with Crippen LogP contribution in [0.5, 0.6) is 5.75 Å². The predicted molar refractivity (Wildman–Crippen MR) is 103 cm³/mol. The molecule has 0 radical (unpaired) electrons. The standard InChI is InChI=1S/C15H13F2N5O2S3/c1-2-25-15-22-21-14(27-15)20-11(23)10-7-26-13(19-10)18-8-3-5-9(6-4-8)24-12(16)17/h3-7,12H,2H2,1H3,(H,18,19)(H,20,21,23). The molecule has 2 N–H and O–H groups in total. The summed E-state index contributed by atoms with van der Waals surface area (Å²) >= 11 is 4.09. The van der Waals surface area contributed by atoms with Gasteiger partial charge in [-0.05, 0) is 30.0 Å². The van der Waals surface area contributed by atoms with Crippen molar-refractivity contribution in [1.82, 2.24) is 15.2 Å². The maximum atomic E-state index is 12.2. The molecule has 0 saturated carbocycles. The van der Waals surface area contributed by atoms with Crippen LogP contribution in [-0.2, 0) is 0 Å². The molecular weight excluding hydrogens is 416 g/mol. The van der Waals surface area contributed by atoms with Gasteiger partial charge in [0.25, 0.3) is 5.91 Å². The summed E-state index contributed by atoms with van der Waals surface area (Å²) in [5, 5.41) is 16.0. The van der Waals surface area contributed by atoms with Crippen molar-refractivity contribution in [2.24, 2.45) is 0 Å². The lowest BCUT2D eigenvalue weighted by atomic mass is 10.3. The minimum atomic E-state index is -2.87. The van der Waals surface area contributed by atoms with E-state index < -0.39 is 6.61 Å². The Bertz CT molecular complexity index is 901. The van der Waals surface area contributed by atoms with Gasteiger partial charge < -0.3 is 10.1 Å². The molecule has 0 spiro atoms. The van der Waals surface area contributed by atoms with Gasteiger partial charge in [-0.2, -0.15) is 8.78 Å². The van der Waals surface area contributed by atoms with Gasteiger partial charge in [0, 0.05) is 11.1 Å². The van der Waals surface area contributed by atoms with Gasteiger partial charge in [-0.1, -0.05) is 30.0 Å². The first-order chi connectivity index (χ1) is 13.0. The number of thiazole rings is 1. The molecule has 1 amide bonds. The Morgan fingerprint density at radius 3 is 2.74 bits per heavy atom. The van der Waals surface area contributed by atoms with Crippen molar-refractivity contribution in [3.63, 3.8) is 0 Å². The number of hydrogen-bond donors (Lipinski definition) is 2. The van der Waals surface area contributed by atoms with E-state index in [1.165, 1.54) is 34.8 Å². The zero-order valence-electron chi connectivity index (χ0n) is 13.8. The lowest BCUT2D eigenvalue weighted by molar-refractivity contribution is -0.0498. The van der Waals surface area contributed by atoms with E-state index in [1.807, 2.05) is 6.92 Å². The number of benzene rings is 1. The lowest BCUT2D eigenvalue weighted by Crippen LogP contribution is -2.12. The van der Waals surface area contributed by atoms with Crippen LogP contribution in [0.25, 0.3) is 0 Å². The fraction of sp³-hybridized carbons (Fsp3) is 0.200. The first-order valence-electron chi connectivity index (χ1n) is 7.58.